The van der Waals surface area contributed by atoms with Gasteiger partial charge in [0.25, 0.3) is 11.5 Å². The number of aromatic nitrogens is 1. The van der Waals surface area contributed by atoms with Gasteiger partial charge in [-0.3, -0.25) is 19.1 Å². The molecule has 1 aromatic carbocycles. The summed E-state index contributed by atoms with van der Waals surface area (Å²) in [6.45, 7) is 7.19. The van der Waals surface area contributed by atoms with Crippen molar-refractivity contribution in [1.82, 2.24) is 9.47 Å². The molecule has 1 fully saturated rings. The average molecular weight is 555 g/mol. The highest BCUT2D eigenvalue weighted by Crippen LogP contribution is 2.35. The lowest BCUT2D eigenvalue weighted by atomic mass is 10.0. The molecule has 0 unspecified atom stereocenters. The number of thiocarbonyl (C=S) groups is 1. The van der Waals surface area contributed by atoms with Gasteiger partial charge in [0.05, 0.1) is 4.91 Å². The van der Waals surface area contributed by atoms with Crippen LogP contribution in [0.2, 0.25) is 0 Å². The van der Waals surface area contributed by atoms with Crippen LogP contribution in [0.3, 0.4) is 0 Å². The van der Waals surface area contributed by atoms with Crippen LogP contribution in [0, 0.1) is 24.1 Å². The third kappa shape index (κ3) is 7.12. The number of halogens is 1. The van der Waals surface area contributed by atoms with Crippen LogP contribution >= 0.6 is 24.0 Å². The average Bonchev–Trinajstić information content (AvgIpc) is 3.17. The molecule has 1 amide bonds. The summed E-state index contributed by atoms with van der Waals surface area (Å²) in [6, 6.07) is 8.17. The van der Waals surface area contributed by atoms with Gasteiger partial charge in [-0.1, -0.05) is 82.1 Å². The number of thioether (sulfide) groups is 1. The zero-order valence-electron chi connectivity index (χ0n) is 22.3. The van der Waals surface area contributed by atoms with Crippen molar-refractivity contribution in [3.63, 3.8) is 0 Å². The number of amides is 1. The molecule has 0 atom stereocenters. The van der Waals surface area contributed by atoms with E-state index in [1.165, 1.54) is 43.2 Å². The summed E-state index contributed by atoms with van der Waals surface area (Å²) in [4.78, 5) is 28.6. The lowest BCUT2D eigenvalue weighted by Crippen LogP contribution is -2.29. The highest BCUT2D eigenvalue weighted by molar-refractivity contribution is 8.26. The minimum atomic E-state index is -0.374. The first-order chi connectivity index (χ1) is 18.3. The Bertz CT molecular complexity index is 1300. The predicted molar refractivity (Wildman–Crippen MR) is 157 cm³/mol. The molecule has 3 rings (SSSR count). The first-order valence-electron chi connectivity index (χ1n) is 13.2. The second-order valence-corrected chi connectivity index (χ2v) is 11.1. The summed E-state index contributed by atoms with van der Waals surface area (Å²) in [5, 5.41) is 13.1. The van der Waals surface area contributed by atoms with Crippen molar-refractivity contribution >= 4 is 46.1 Å². The van der Waals surface area contributed by atoms with Gasteiger partial charge in [0.1, 0.15) is 27.6 Å². The molecule has 0 aliphatic carbocycles. The van der Waals surface area contributed by atoms with Gasteiger partial charge in [-0.15, -0.1) is 0 Å². The normalized spacial score (nSPS) is 14.4. The van der Waals surface area contributed by atoms with Crippen LogP contribution in [-0.4, -0.2) is 26.2 Å². The smallest absolute Gasteiger partial charge is 0.270 e. The number of nitrogens with one attached hydrogen (secondary N) is 1. The summed E-state index contributed by atoms with van der Waals surface area (Å²) < 4.78 is 15.5. The number of anilines is 1. The Kier molecular flexibility index (Phi) is 11.1. The number of rotatable bonds is 13. The first kappa shape index (κ1) is 29.6. The molecule has 38 heavy (non-hydrogen) atoms. The number of hydrogen-bond donors (Lipinski definition) is 1. The summed E-state index contributed by atoms with van der Waals surface area (Å²) in [5.41, 5.74) is 1.63. The molecule has 9 heteroatoms. The molecule has 0 spiro atoms. The zero-order chi connectivity index (χ0) is 27.7. The lowest BCUT2D eigenvalue weighted by molar-refractivity contribution is -0.122. The minimum Gasteiger partial charge on any atom is -0.367 e. The van der Waals surface area contributed by atoms with Crippen molar-refractivity contribution in [2.75, 3.05) is 11.9 Å². The molecule has 0 radical (unpaired) electrons. The van der Waals surface area contributed by atoms with E-state index >= 15 is 0 Å². The van der Waals surface area contributed by atoms with Crippen LogP contribution in [0.25, 0.3) is 6.08 Å². The first-order valence-corrected chi connectivity index (χ1v) is 14.5. The molecule has 0 bridgehead atoms. The van der Waals surface area contributed by atoms with E-state index in [1.54, 1.807) is 34.6 Å². The highest BCUT2D eigenvalue weighted by Gasteiger charge is 2.32. The molecule has 6 nitrogen and oxygen atoms in total. The van der Waals surface area contributed by atoms with Gasteiger partial charge in [0.2, 0.25) is 0 Å². The van der Waals surface area contributed by atoms with Gasteiger partial charge in [0.15, 0.2) is 0 Å². The third-order valence-corrected chi connectivity index (χ3v) is 7.96. The molecule has 0 saturated carbocycles. The number of carbonyl (C=O) groups is 1. The maximum absolute atomic E-state index is 13.4. The predicted octanol–water partition coefficient (Wildman–Crippen LogP) is 6.75. The van der Waals surface area contributed by atoms with Crippen molar-refractivity contribution < 1.29 is 9.18 Å². The molecule has 202 valence electrons. The summed E-state index contributed by atoms with van der Waals surface area (Å²) in [7, 11) is 0. The van der Waals surface area contributed by atoms with Gasteiger partial charge < -0.3 is 5.32 Å². The van der Waals surface area contributed by atoms with E-state index in [4.69, 9.17) is 12.2 Å². The fourth-order valence-corrected chi connectivity index (χ4v) is 5.74. The van der Waals surface area contributed by atoms with Crippen molar-refractivity contribution in [2.45, 2.75) is 78.8 Å². The van der Waals surface area contributed by atoms with Gasteiger partial charge in [0, 0.05) is 25.2 Å². The zero-order valence-corrected chi connectivity index (χ0v) is 23.9. The van der Waals surface area contributed by atoms with E-state index in [1.807, 2.05) is 6.92 Å². The quantitative estimate of drug-likeness (QED) is 0.168. The number of nitrogens with zero attached hydrogens (tertiary/aromatic N) is 3. The Morgan fingerprint density at radius 1 is 1.05 bits per heavy atom. The topological polar surface area (TPSA) is 78.1 Å². The molecule has 1 aromatic heterocycles. The van der Waals surface area contributed by atoms with Crippen molar-refractivity contribution in [1.29, 1.82) is 5.26 Å². The van der Waals surface area contributed by atoms with Crippen LogP contribution in [0.15, 0.2) is 34.0 Å². The summed E-state index contributed by atoms with van der Waals surface area (Å²) >= 11 is 6.78. The van der Waals surface area contributed by atoms with E-state index in [2.05, 4.69) is 18.3 Å². The number of pyridine rings is 1. The van der Waals surface area contributed by atoms with Crippen molar-refractivity contribution in [3.05, 3.63) is 67.6 Å². The summed E-state index contributed by atoms with van der Waals surface area (Å²) in [5.74, 6) is 0.0533. The molecule has 2 heterocycles. The van der Waals surface area contributed by atoms with Crippen molar-refractivity contribution in [2.24, 2.45) is 0 Å². The number of hydrogen-bond acceptors (Lipinski definition) is 6. The molecule has 1 aliphatic heterocycles. The molecular formula is C29H35FN4O2S2. The van der Waals surface area contributed by atoms with Crippen LogP contribution < -0.4 is 10.9 Å². The molecule has 1 saturated heterocycles. The molecule has 2 aromatic rings. The Balaban J connectivity index is 1.94. The largest absolute Gasteiger partial charge is 0.367 e. The maximum atomic E-state index is 13.4. The Labute approximate surface area is 233 Å². The number of benzene rings is 1. The lowest BCUT2D eigenvalue weighted by Gasteiger charge is -2.20. The standard InChI is InChI=1S/C29H35FN4O2S2/c1-4-6-7-8-9-10-16-34-28(36)25(38-29(34)37)17-23-20(3)24(18-31)27(35)33(15-5-2)26(23)32-19-21-11-13-22(30)14-12-21/h11-14,17,32H,4-10,15-16,19H2,1-3H3/b25-17+. The van der Waals surface area contributed by atoms with Gasteiger partial charge in [-0.25, -0.2) is 4.39 Å². The van der Waals surface area contributed by atoms with E-state index in [0.717, 1.165) is 24.8 Å². The Morgan fingerprint density at radius 3 is 2.39 bits per heavy atom. The maximum Gasteiger partial charge on any atom is 0.270 e. The number of carbonyl (C=O) groups excluding carboxylic acids is 1. The van der Waals surface area contributed by atoms with E-state index < -0.39 is 0 Å². The SMILES string of the molecule is CCCCCCCCN1C(=O)/C(=C\c2c(C)c(C#N)c(=O)n(CCC)c2NCc2ccc(F)cc2)SC1=S. The monoisotopic (exact) mass is 554 g/mol. The van der Waals surface area contributed by atoms with E-state index in [-0.39, 0.29) is 22.8 Å². The van der Waals surface area contributed by atoms with E-state index in [0.29, 0.717) is 52.2 Å². The molecule has 1 aliphatic rings. The highest BCUT2D eigenvalue weighted by atomic mass is 32.2. The number of unbranched alkanes of at least 4 members (excludes halogenated alkanes) is 5. The second kappa shape index (κ2) is 14.3. The summed E-state index contributed by atoms with van der Waals surface area (Å²) in [6.07, 6.45) is 9.15. The third-order valence-electron chi connectivity index (χ3n) is 6.58. The van der Waals surface area contributed by atoms with Crippen LogP contribution in [-0.2, 0) is 17.9 Å². The molecule has 1 N–H and O–H groups in total. The van der Waals surface area contributed by atoms with Gasteiger partial charge in [-0.05, 0) is 49.1 Å². The van der Waals surface area contributed by atoms with Crippen LogP contribution in [0.5, 0.6) is 0 Å². The minimum absolute atomic E-state index is 0.0552. The van der Waals surface area contributed by atoms with Gasteiger partial charge in [-0.2, -0.15) is 5.26 Å². The van der Waals surface area contributed by atoms with Crippen LogP contribution in [0.4, 0.5) is 10.2 Å². The van der Waals surface area contributed by atoms with Crippen molar-refractivity contribution in [3.8, 4) is 6.07 Å². The fourth-order valence-electron chi connectivity index (χ4n) is 4.45. The molecular weight excluding hydrogens is 519 g/mol. The Hall–Kier alpha value is -2.96. The fraction of sp³-hybridized carbons (Fsp3) is 0.448. The van der Waals surface area contributed by atoms with Gasteiger partial charge >= 0.3 is 0 Å². The second-order valence-electron chi connectivity index (χ2n) is 9.41. The Morgan fingerprint density at radius 2 is 1.74 bits per heavy atom. The van der Waals surface area contributed by atoms with Crippen LogP contribution in [0.1, 0.15) is 81.0 Å². The van der Waals surface area contributed by atoms with E-state index in [9.17, 15) is 19.2 Å². The number of nitriles is 1.